The van der Waals surface area contributed by atoms with E-state index in [1.807, 2.05) is 0 Å². The van der Waals surface area contributed by atoms with Crippen LogP contribution in [0.5, 0.6) is 0 Å². The van der Waals surface area contributed by atoms with Crippen molar-refractivity contribution in [3.8, 4) is 0 Å². The number of nitrogens with one attached hydrogen (secondary N) is 1. The number of carbonyl (C=O) groups is 2. The Morgan fingerprint density at radius 2 is 2.05 bits per heavy atom. The standard InChI is InChI=1S/C6H14N4O2.C4H7NO2S/c7-4(5(11)12)2-1-3-10-6(8)9;6-4(7)3-5-1-2-8-3/h4H,1-3,7H2,(H,11,12)(H4,8,9,10);3,5H,1-2H2,(H,6,7)/t4-;/m0./s1. The molecule has 20 heavy (non-hydrogen) atoms. The molecule has 10 heteroatoms. The highest BCUT2D eigenvalue weighted by atomic mass is 32.2. The van der Waals surface area contributed by atoms with E-state index in [9.17, 15) is 9.59 Å². The van der Waals surface area contributed by atoms with Crippen molar-refractivity contribution in [2.45, 2.75) is 24.3 Å². The number of hydrogen-bond acceptors (Lipinski definition) is 6. The lowest BCUT2D eigenvalue weighted by Gasteiger charge is -2.03. The molecule has 0 aliphatic carbocycles. The fraction of sp³-hybridized carbons (Fsp3) is 0.700. The van der Waals surface area contributed by atoms with Crippen molar-refractivity contribution in [1.82, 2.24) is 5.32 Å². The molecular formula is C10H21N5O4S. The maximum atomic E-state index is 10.2. The molecule has 9 nitrogen and oxygen atoms in total. The van der Waals surface area contributed by atoms with Crippen LogP contribution in [0.4, 0.5) is 0 Å². The summed E-state index contributed by atoms with van der Waals surface area (Å²) in [6, 6.07) is -0.820. The van der Waals surface area contributed by atoms with E-state index in [1.54, 1.807) is 0 Å². The lowest BCUT2D eigenvalue weighted by atomic mass is 10.2. The highest BCUT2D eigenvalue weighted by Gasteiger charge is 2.20. The lowest BCUT2D eigenvalue weighted by molar-refractivity contribution is -0.139. The van der Waals surface area contributed by atoms with E-state index < -0.39 is 18.0 Å². The van der Waals surface area contributed by atoms with Crippen LogP contribution in [0, 0.1) is 0 Å². The van der Waals surface area contributed by atoms with Gasteiger partial charge in [0.05, 0.1) is 0 Å². The summed E-state index contributed by atoms with van der Waals surface area (Å²) in [5.41, 5.74) is 15.3. The number of aliphatic carboxylic acids is 2. The summed E-state index contributed by atoms with van der Waals surface area (Å²) < 4.78 is 0. The summed E-state index contributed by atoms with van der Waals surface area (Å²) in [6.45, 7) is 1.24. The normalized spacial score (nSPS) is 18.6. The van der Waals surface area contributed by atoms with Gasteiger partial charge in [0, 0.05) is 18.8 Å². The van der Waals surface area contributed by atoms with Crippen LogP contribution < -0.4 is 22.5 Å². The van der Waals surface area contributed by atoms with Gasteiger partial charge < -0.3 is 27.4 Å². The van der Waals surface area contributed by atoms with Gasteiger partial charge in [0.2, 0.25) is 0 Å². The first kappa shape index (κ1) is 18.5. The van der Waals surface area contributed by atoms with Crippen molar-refractivity contribution in [2.75, 3.05) is 18.8 Å². The van der Waals surface area contributed by atoms with Gasteiger partial charge in [-0.1, -0.05) is 0 Å². The average molecular weight is 307 g/mol. The minimum absolute atomic E-state index is 0.0129. The van der Waals surface area contributed by atoms with Gasteiger partial charge in [-0.25, -0.2) is 4.79 Å². The van der Waals surface area contributed by atoms with Gasteiger partial charge in [-0.15, -0.1) is 11.8 Å². The summed E-state index contributed by atoms with van der Waals surface area (Å²) in [5, 5.41) is 19.2. The van der Waals surface area contributed by atoms with Gasteiger partial charge in [0.25, 0.3) is 0 Å². The van der Waals surface area contributed by atoms with Crippen LogP contribution in [0.3, 0.4) is 0 Å². The van der Waals surface area contributed by atoms with Gasteiger partial charge in [-0.05, 0) is 12.8 Å². The average Bonchev–Trinajstić information content (AvgIpc) is 2.88. The third kappa shape index (κ3) is 9.42. The molecule has 1 fully saturated rings. The number of nitrogens with two attached hydrogens (primary N) is 3. The molecule has 9 N–H and O–H groups in total. The van der Waals surface area contributed by atoms with E-state index in [0.717, 1.165) is 12.3 Å². The van der Waals surface area contributed by atoms with Crippen LogP contribution >= 0.6 is 11.8 Å². The first-order chi connectivity index (χ1) is 9.34. The maximum absolute atomic E-state index is 10.2. The second kappa shape index (κ2) is 10.3. The minimum atomic E-state index is -1.00. The van der Waals surface area contributed by atoms with E-state index >= 15 is 0 Å². The van der Waals surface area contributed by atoms with Crippen LogP contribution in [0.2, 0.25) is 0 Å². The second-order valence-corrected chi connectivity index (χ2v) is 5.15. The van der Waals surface area contributed by atoms with Crippen LogP contribution in [-0.4, -0.2) is 58.4 Å². The number of aliphatic imine (C=N–C) groups is 1. The maximum Gasteiger partial charge on any atom is 0.331 e. The Labute approximate surface area is 121 Å². The number of carboxylic acids is 2. The molecule has 0 aromatic rings. The van der Waals surface area contributed by atoms with E-state index in [-0.39, 0.29) is 11.3 Å². The molecule has 0 aromatic heterocycles. The number of rotatable bonds is 6. The quantitative estimate of drug-likeness (QED) is 0.187. The molecule has 1 saturated heterocycles. The molecule has 1 aliphatic rings. The van der Waals surface area contributed by atoms with Crippen molar-refractivity contribution >= 4 is 29.7 Å². The molecule has 116 valence electrons. The Hall–Kier alpha value is -1.52. The first-order valence-corrected chi connectivity index (χ1v) is 7.01. The van der Waals surface area contributed by atoms with Gasteiger partial charge >= 0.3 is 11.9 Å². The molecule has 1 heterocycles. The molecule has 0 radical (unpaired) electrons. The molecule has 2 atom stereocenters. The number of hydrogen-bond donors (Lipinski definition) is 6. The highest BCUT2D eigenvalue weighted by Crippen LogP contribution is 2.12. The summed E-state index contributed by atoms with van der Waals surface area (Å²) in [5.74, 6) is -0.831. The Morgan fingerprint density at radius 3 is 2.40 bits per heavy atom. The third-order valence-electron chi connectivity index (χ3n) is 2.23. The Balaban J connectivity index is 0.000000388. The van der Waals surface area contributed by atoms with Crippen molar-refractivity contribution < 1.29 is 19.8 Å². The summed E-state index contributed by atoms with van der Waals surface area (Å²) in [6.07, 6.45) is 0.956. The SMILES string of the molecule is NC(N)=NCCC[C@H](N)C(=O)O.O=C(O)C1NCCS1. The molecule has 1 unspecified atom stereocenters. The Kier molecular flexibility index (Phi) is 9.51. The smallest absolute Gasteiger partial charge is 0.331 e. The molecule has 0 aromatic carbocycles. The Morgan fingerprint density at radius 1 is 1.40 bits per heavy atom. The molecule has 1 aliphatic heterocycles. The predicted octanol–water partition coefficient (Wildman–Crippen LogP) is -1.81. The zero-order valence-electron chi connectivity index (χ0n) is 11.0. The molecule has 0 amide bonds. The second-order valence-electron chi connectivity index (χ2n) is 3.94. The third-order valence-corrected chi connectivity index (χ3v) is 3.37. The van der Waals surface area contributed by atoms with Crippen LogP contribution in [0.15, 0.2) is 4.99 Å². The van der Waals surface area contributed by atoms with Crippen LogP contribution in [0.1, 0.15) is 12.8 Å². The zero-order chi connectivity index (χ0) is 15.5. The number of nitrogens with zero attached hydrogens (tertiary/aromatic N) is 1. The Bertz CT molecular complexity index is 343. The molecule has 0 bridgehead atoms. The van der Waals surface area contributed by atoms with Crippen LogP contribution in [-0.2, 0) is 9.59 Å². The van der Waals surface area contributed by atoms with Gasteiger partial charge in [-0.3, -0.25) is 15.1 Å². The van der Waals surface area contributed by atoms with Crippen molar-refractivity contribution in [2.24, 2.45) is 22.2 Å². The molecule has 1 rings (SSSR count). The predicted molar refractivity (Wildman–Crippen MR) is 77.4 cm³/mol. The highest BCUT2D eigenvalue weighted by molar-refractivity contribution is 8.00. The van der Waals surface area contributed by atoms with E-state index in [1.165, 1.54) is 11.8 Å². The summed E-state index contributed by atoms with van der Waals surface area (Å²) in [4.78, 5) is 24.0. The van der Waals surface area contributed by atoms with E-state index in [0.29, 0.717) is 19.4 Å². The van der Waals surface area contributed by atoms with Crippen molar-refractivity contribution in [1.29, 1.82) is 0 Å². The molecule has 0 spiro atoms. The number of carboxylic acid groups (broad SMARTS) is 2. The molecular weight excluding hydrogens is 286 g/mol. The number of thioether (sulfide) groups is 1. The van der Waals surface area contributed by atoms with E-state index in [2.05, 4.69) is 10.3 Å². The summed E-state index contributed by atoms with van der Waals surface area (Å²) in [7, 11) is 0. The van der Waals surface area contributed by atoms with Crippen LogP contribution in [0.25, 0.3) is 0 Å². The minimum Gasteiger partial charge on any atom is -0.480 e. The van der Waals surface area contributed by atoms with E-state index in [4.69, 9.17) is 27.4 Å². The monoisotopic (exact) mass is 307 g/mol. The summed E-state index contributed by atoms with van der Waals surface area (Å²) >= 11 is 1.44. The number of guanidine groups is 1. The van der Waals surface area contributed by atoms with Gasteiger partial charge in [0.1, 0.15) is 6.04 Å². The fourth-order valence-electron chi connectivity index (χ4n) is 1.23. The van der Waals surface area contributed by atoms with Crippen molar-refractivity contribution in [3.05, 3.63) is 0 Å². The fourth-order valence-corrected chi connectivity index (χ4v) is 2.08. The topological polar surface area (TPSA) is 177 Å². The lowest BCUT2D eigenvalue weighted by Crippen LogP contribution is -2.30. The van der Waals surface area contributed by atoms with Gasteiger partial charge in [0.15, 0.2) is 11.3 Å². The van der Waals surface area contributed by atoms with Crippen molar-refractivity contribution in [3.63, 3.8) is 0 Å². The van der Waals surface area contributed by atoms with Gasteiger partial charge in [-0.2, -0.15) is 0 Å². The largest absolute Gasteiger partial charge is 0.480 e. The zero-order valence-corrected chi connectivity index (χ0v) is 11.8. The molecule has 0 saturated carbocycles. The first-order valence-electron chi connectivity index (χ1n) is 5.96.